The van der Waals surface area contributed by atoms with Gasteiger partial charge in [-0.3, -0.25) is 19.8 Å². The molecule has 2 heterocycles. The molecule has 0 aliphatic carbocycles. The van der Waals surface area contributed by atoms with Gasteiger partial charge < -0.3 is 4.98 Å². The molecule has 0 amide bonds. The van der Waals surface area contributed by atoms with Crippen molar-refractivity contribution in [2.75, 3.05) is 12.8 Å². The van der Waals surface area contributed by atoms with E-state index in [4.69, 9.17) is 0 Å². The van der Waals surface area contributed by atoms with Crippen LogP contribution in [0.2, 0.25) is 0 Å². The zero-order valence-corrected chi connectivity index (χ0v) is 13.7. The second kappa shape index (κ2) is 6.70. The maximum Gasteiger partial charge on any atom is 0.269 e. The molecule has 9 heteroatoms. The lowest BCUT2D eigenvalue weighted by atomic mass is 10.1. The Hall–Kier alpha value is -2.26. The van der Waals surface area contributed by atoms with Crippen LogP contribution in [0.3, 0.4) is 0 Å². The standard InChI is InChI=1S/C15H15FN4O3S/c1-24-15-17-13-4-5-19(8-11(13)14(21)18-15)7-9-6-10(20(22)23)2-3-12(9)16/h2-3,6H,4-5,7-8H2,1H3,(H,17,18,21). The number of fused-ring (bicyclic) bond motifs is 1. The molecule has 1 aliphatic heterocycles. The first-order valence-electron chi connectivity index (χ1n) is 7.29. The molecule has 0 bridgehead atoms. The number of thioether (sulfide) groups is 1. The van der Waals surface area contributed by atoms with E-state index in [1.54, 1.807) is 0 Å². The fourth-order valence-electron chi connectivity index (χ4n) is 2.73. The summed E-state index contributed by atoms with van der Waals surface area (Å²) in [7, 11) is 0. The van der Waals surface area contributed by atoms with Gasteiger partial charge in [-0.05, 0) is 12.3 Å². The van der Waals surface area contributed by atoms with Crippen LogP contribution in [-0.4, -0.2) is 32.6 Å². The van der Waals surface area contributed by atoms with E-state index in [2.05, 4.69) is 9.97 Å². The van der Waals surface area contributed by atoms with Crippen LogP contribution in [0.25, 0.3) is 0 Å². The highest BCUT2D eigenvalue weighted by atomic mass is 32.2. The smallest absolute Gasteiger partial charge is 0.269 e. The molecule has 0 unspecified atom stereocenters. The van der Waals surface area contributed by atoms with Crippen molar-refractivity contribution in [3.05, 3.63) is 61.3 Å². The number of hydrogen-bond acceptors (Lipinski definition) is 6. The second-order valence-electron chi connectivity index (χ2n) is 5.49. The molecule has 1 aromatic carbocycles. The van der Waals surface area contributed by atoms with Crippen LogP contribution in [0.5, 0.6) is 0 Å². The minimum atomic E-state index is -0.549. The number of benzene rings is 1. The molecule has 0 saturated heterocycles. The largest absolute Gasteiger partial charge is 0.301 e. The molecule has 0 atom stereocenters. The van der Waals surface area contributed by atoms with Crippen LogP contribution < -0.4 is 5.56 Å². The molecular weight excluding hydrogens is 335 g/mol. The third-order valence-corrected chi connectivity index (χ3v) is 4.53. The Morgan fingerprint density at radius 2 is 2.29 bits per heavy atom. The summed E-state index contributed by atoms with van der Waals surface area (Å²) in [5, 5.41) is 11.4. The lowest BCUT2D eigenvalue weighted by Gasteiger charge is -2.27. The van der Waals surface area contributed by atoms with Crippen molar-refractivity contribution < 1.29 is 9.31 Å². The van der Waals surface area contributed by atoms with E-state index < -0.39 is 10.7 Å². The molecular formula is C15H15FN4O3S. The molecule has 126 valence electrons. The van der Waals surface area contributed by atoms with Gasteiger partial charge in [-0.25, -0.2) is 9.37 Å². The molecule has 0 spiro atoms. The van der Waals surface area contributed by atoms with Crippen LogP contribution >= 0.6 is 11.8 Å². The summed E-state index contributed by atoms with van der Waals surface area (Å²) in [5.74, 6) is -0.490. The molecule has 24 heavy (non-hydrogen) atoms. The zero-order chi connectivity index (χ0) is 17.3. The van der Waals surface area contributed by atoms with E-state index in [9.17, 15) is 19.3 Å². The number of nitro groups is 1. The fraction of sp³-hybridized carbons (Fsp3) is 0.333. The van der Waals surface area contributed by atoms with Gasteiger partial charge in [0.1, 0.15) is 5.82 Å². The summed E-state index contributed by atoms with van der Waals surface area (Å²) >= 11 is 1.37. The minimum absolute atomic E-state index is 0.145. The van der Waals surface area contributed by atoms with Gasteiger partial charge in [0, 0.05) is 43.8 Å². The van der Waals surface area contributed by atoms with E-state index in [1.807, 2.05) is 11.2 Å². The number of non-ortho nitro benzene ring substituents is 1. The first-order valence-corrected chi connectivity index (χ1v) is 8.51. The number of rotatable bonds is 4. The van der Waals surface area contributed by atoms with Crippen LogP contribution in [0.1, 0.15) is 16.8 Å². The van der Waals surface area contributed by atoms with Gasteiger partial charge in [0.05, 0.1) is 16.2 Å². The molecule has 1 N–H and O–H groups in total. The number of nitro benzene ring substituents is 1. The molecule has 1 aromatic heterocycles. The average molecular weight is 350 g/mol. The quantitative estimate of drug-likeness (QED) is 0.393. The Morgan fingerprint density at radius 1 is 1.50 bits per heavy atom. The summed E-state index contributed by atoms with van der Waals surface area (Å²) < 4.78 is 13.9. The van der Waals surface area contributed by atoms with Crippen molar-refractivity contribution in [2.24, 2.45) is 0 Å². The van der Waals surface area contributed by atoms with Crippen molar-refractivity contribution in [1.82, 2.24) is 14.9 Å². The molecule has 0 fully saturated rings. The second-order valence-corrected chi connectivity index (χ2v) is 6.29. The predicted molar refractivity (Wildman–Crippen MR) is 87.5 cm³/mol. The maximum atomic E-state index is 13.9. The zero-order valence-electron chi connectivity index (χ0n) is 12.9. The summed E-state index contributed by atoms with van der Waals surface area (Å²) in [6.07, 6.45) is 2.42. The van der Waals surface area contributed by atoms with Crippen LogP contribution in [-0.2, 0) is 19.5 Å². The SMILES string of the molecule is CSc1nc2c(c(=O)[nH]1)CN(Cc1cc([N+](=O)[O-])ccc1F)CC2. The van der Waals surface area contributed by atoms with Gasteiger partial charge >= 0.3 is 0 Å². The Balaban J connectivity index is 1.83. The molecule has 7 nitrogen and oxygen atoms in total. The van der Waals surface area contributed by atoms with Gasteiger partial charge in [-0.15, -0.1) is 0 Å². The monoisotopic (exact) mass is 350 g/mol. The number of aromatic amines is 1. The van der Waals surface area contributed by atoms with E-state index in [1.165, 1.54) is 17.8 Å². The summed E-state index contributed by atoms with van der Waals surface area (Å²) in [5.41, 5.74) is 1.25. The lowest BCUT2D eigenvalue weighted by molar-refractivity contribution is -0.385. The number of aromatic nitrogens is 2. The number of hydrogen-bond donors (Lipinski definition) is 1. The topological polar surface area (TPSA) is 92.1 Å². The summed E-state index contributed by atoms with van der Waals surface area (Å²) in [4.78, 5) is 31.5. The van der Waals surface area contributed by atoms with E-state index >= 15 is 0 Å². The third-order valence-electron chi connectivity index (χ3n) is 3.95. The molecule has 3 rings (SSSR count). The van der Waals surface area contributed by atoms with Gasteiger partial charge in [0.25, 0.3) is 11.2 Å². The number of nitrogens with one attached hydrogen (secondary N) is 1. The normalized spacial score (nSPS) is 14.4. The van der Waals surface area contributed by atoms with Crippen LogP contribution in [0.4, 0.5) is 10.1 Å². The van der Waals surface area contributed by atoms with Crippen molar-refractivity contribution in [3.63, 3.8) is 0 Å². The fourth-order valence-corrected chi connectivity index (χ4v) is 3.12. The minimum Gasteiger partial charge on any atom is -0.301 e. The van der Waals surface area contributed by atoms with Gasteiger partial charge in [0.15, 0.2) is 5.16 Å². The number of nitrogens with zero attached hydrogens (tertiary/aromatic N) is 3. The van der Waals surface area contributed by atoms with E-state index in [0.717, 1.165) is 17.8 Å². The van der Waals surface area contributed by atoms with Crippen LogP contribution in [0.15, 0.2) is 28.2 Å². The summed E-state index contributed by atoms with van der Waals surface area (Å²) in [6.45, 7) is 1.16. The average Bonchev–Trinajstić information content (AvgIpc) is 2.57. The van der Waals surface area contributed by atoms with Crippen molar-refractivity contribution in [1.29, 1.82) is 0 Å². The third kappa shape index (κ3) is 3.31. The van der Waals surface area contributed by atoms with E-state index in [-0.39, 0.29) is 23.4 Å². The van der Waals surface area contributed by atoms with Gasteiger partial charge in [0.2, 0.25) is 0 Å². The Kier molecular flexibility index (Phi) is 4.63. The van der Waals surface area contributed by atoms with Crippen molar-refractivity contribution in [2.45, 2.75) is 24.7 Å². The first kappa shape index (κ1) is 16.6. The van der Waals surface area contributed by atoms with Crippen molar-refractivity contribution in [3.8, 4) is 0 Å². The molecule has 0 saturated carbocycles. The molecule has 2 aromatic rings. The Bertz CT molecular complexity index is 855. The van der Waals surface area contributed by atoms with Crippen molar-refractivity contribution >= 4 is 17.4 Å². The molecule has 0 radical (unpaired) electrons. The highest BCUT2D eigenvalue weighted by molar-refractivity contribution is 7.98. The lowest BCUT2D eigenvalue weighted by Crippen LogP contribution is -2.35. The predicted octanol–water partition coefficient (Wildman–Crippen LogP) is 2.10. The van der Waals surface area contributed by atoms with E-state index in [0.29, 0.717) is 30.2 Å². The number of H-pyrrole nitrogens is 1. The molecule has 1 aliphatic rings. The van der Waals surface area contributed by atoms with Crippen LogP contribution in [0, 0.1) is 15.9 Å². The summed E-state index contributed by atoms with van der Waals surface area (Å²) in [6, 6.07) is 3.48. The highest BCUT2D eigenvalue weighted by Crippen LogP contribution is 2.22. The first-order chi connectivity index (χ1) is 11.5. The Morgan fingerprint density at radius 3 is 3.00 bits per heavy atom. The Labute approximate surface area is 141 Å². The van der Waals surface area contributed by atoms with Gasteiger partial charge in [-0.1, -0.05) is 11.8 Å². The maximum absolute atomic E-state index is 13.9. The highest BCUT2D eigenvalue weighted by Gasteiger charge is 2.22. The number of halogens is 1. The van der Waals surface area contributed by atoms with Gasteiger partial charge in [-0.2, -0.15) is 0 Å².